The lowest BCUT2D eigenvalue weighted by atomic mass is 9.98. The van der Waals surface area contributed by atoms with Gasteiger partial charge in [0, 0.05) is 18.8 Å². The summed E-state index contributed by atoms with van der Waals surface area (Å²) in [6.07, 6.45) is 19.9. The minimum absolute atomic E-state index is 0.115. The first kappa shape index (κ1) is 25.4. The average molecular weight is 383 g/mol. The van der Waals surface area contributed by atoms with Crippen LogP contribution >= 0.6 is 0 Å². The van der Waals surface area contributed by atoms with E-state index in [1.54, 1.807) is 0 Å². The maximum Gasteiger partial charge on any atom is 0.303 e. The van der Waals surface area contributed by atoms with E-state index in [0.717, 1.165) is 96.2 Å². The number of aliphatic carboxylic acids is 2. The molecular weight excluding hydrogens is 344 g/mol. The number of hydrogen-bond acceptors (Lipinski definition) is 3. The van der Waals surface area contributed by atoms with Gasteiger partial charge in [0.05, 0.1) is 0 Å². The van der Waals surface area contributed by atoms with E-state index in [2.05, 4.69) is 12.2 Å². The van der Waals surface area contributed by atoms with Gasteiger partial charge in [-0.25, -0.2) is 0 Å². The molecule has 0 heterocycles. The number of carbonyl (C=O) groups excluding carboxylic acids is 1. The summed E-state index contributed by atoms with van der Waals surface area (Å²) in [5, 5.41) is 17.1. The topological polar surface area (TPSA) is 91.7 Å². The van der Waals surface area contributed by atoms with Crippen LogP contribution in [-0.4, -0.2) is 28.4 Å². The smallest absolute Gasteiger partial charge is 0.303 e. The Balaban J connectivity index is 3.47. The van der Waals surface area contributed by atoms with Gasteiger partial charge in [0.15, 0.2) is 0 Å². The van der Waals surface area contributed by atoms with Crippen LogP contribution in [-0.2, 0) is 14.4 Å². The molecule has 1 atom stereocenters. The monoisotopic (exact) mass is 382 g/mol. The number of hydrogen-bond donors (Lipinski definition) is 2. The molecule has 0 aliphatic heterocycles. The first-order valence-electron chi connectivity index (χ1n) is 10.6. The Morgan fingerprint density at radius 1 is 0.667 bits per heavy atom. The van der Waals surface area contributed by atoms with E-state index in [0.29, 0.717) is 0 Å². The van der Waals surface area contributed by atoms with Crippen molar-refractivity contribution >= 4 is 18.2 Å². The van der Waals surface area contributed by atoms with E-state index in [1.165, 1.54) is 0 Å². The number of aldehydes is 1. The number of carboxylic acids is 2. The summed E-state index contributed by atoms with van der Waals surface area (Å²) in [5.74, 6) is -1.31. The van der Waals surface area contributed by atoms with Crippen LogP contribution in [0.5, 0.6) is 0 Å². The quantitative estimate of drug-likeness (QED) is 0.158. The molecule has 0 saturated heterocycles. The Hall–Kier alpha value is -1.65. The van der Waals surface area contributed by atoms with Crippen LogP contribution in [0.3, 0.4) is 0 Å². The van der Waals surface area contributed by atoms with Gasteiger partial charge in [-0.2, -0.15) is 0 Å². The molecule has 0 aromatic carbocycles. The Kier molecular flexibility index (Phi) is 18.0. The van der Waals surface area contributed by atoms with Crippen LogP contribution in [0.2, 0.25) is 0 Å². The van der Waals surface area contributed by atoms with Crippen molar-refractivity contribution in [2.45, 2.75) is 103 Å². The van der Waals surface area contributed by atoms with Crippen molar-refractivity contribution in [3.05, 3.63) is 12.2 Å². The van der Waals surface area contributed by atoms with Gasteiger partial charge in [-0.1, -0.05) is 63.5 Å². The van der Waals surface area contributed by atoms with Crippen LogP contribution in [0.1, 0.15) is 103 Å². The molecule has 156 valence electrons. The fourth-order valence-corrected chi connectivity index (χ4v) is 3.09. The van der Waals surface area contributed by atoms with Crippen LogP contribution in [0.4, 0.5) is 0 Å². The Morgan fingerprint density at radius 3 is 1.67 bits per heavy atom. The van der Waals surface area contributed by atoms with Gasteiger partial charge in [-0.3, -0.25) is 9.59 Å². The van der Waals surface area contributed by atoms with Crippen LogP contribution in [0, 0.1) is 5.92 Å². The van der Waals surface area contributed by atoms with Crippen molar-refractivity contribution in [3.8, 4) is 0 Å². The maximum absolute atomic E-state index is 11.2. The van der Waals surface area contributed by atoms with Crippen molar-refractivity contribution in [1.29, 1.82) is 0 Å². The van der Waals surface area contributed by atoms with Gasteiger partial charge in [-0.05, 0) is 38.5 Å². The normalized spacial score (nSPS) is 12.3. The summed E-state index contributed by atoms with van der Waals surface area (Å²) >= 11 is 0. The molecule has 0 rings (SSSR count). The zero-order chi connectivity index (χ0) is 20.2. The lowest BCUT2D eigenvalue weighted by molar-refractivity contribution is -0.138. The fourth-order valence-electron chi connectivity index (χ4n) is 3.09. The highest BCUT2D eigenvalue weighted by Crippen LogP contribution is 2.15. The van der Waals surface area contributed by atoms with Gasteiger partial charge in [0.2, 0.25) is 0 Å². The first-order valence-corrected chi connectivity index (χ1v) is 10.6. The highest BCUT2D eigenvalue weighted by Gasteiger charge is 2.05. The molecule has 0 amide bonds. The standard InChI is InChI=1S/C22H38O5/c23-19-20(16-12-8-5-6-10-14-18-22(26)27)15-11-7-3-1-2-4-9-13-17-21(24)25/h7,11,19-20H,1-6,8-10,12-18H2,(H,24,25)(H,26,27)/b11-7+. The largest absolute Gasteiger partial charge is 0.481 e. The van der Waals surface area contributed by atoms with Crippen molar-refractivity contribution in [2.24, 2.45) is 5.92 Å². The van der Waals surface area contributed by atoms with Crippen molar-refractivity contribution in [1.82, 2.24) is 0 Å². The van der Waals surface area contributed by atoms with Crippen LogP contribution in [0.15, 0.2) is 12.2 Å². The number of rotatable bonds is 20. The van der Waals surface area contributed by atoms with Crippen LogP contribution in [0.25, 0.3) is 0 Å². The summed E-state index contributed by atoms with van der Waals surface area (Å²) in [4.78, 5) is 32.0. The van der Waals surface area contributed by atoms with E-state index in [9.17, 15) is 14.4 Å². The van der Waals surface area contributed by atoms with E-state index < -0.39 is 11.9 Å². The predicted molar refractivity (Wildman–Crippen MR) is 108 cm³/mol. The second-order valence-electron chi connectivity index (χ2n) is 7.36. The van der Waals surface area contributed by atoms with Gasteiger partial charge in [-0.15, -0.1) is 0 Å². The van der Waals surface area contributed by atoms with E-state index in [-0.39, 0.29) is 18.8 Å². The average Bonchev–Trinajstić information content (AvgIpc) is 2.63. The van der Waals surface area contributed by atoms with Crippen molar-refractivity contribution in [2.75, 3.05) is 0 Å². The fraction of sp³-hybridized carbons (Fsp3) is 0.773. The Bertz CT molecular complexity index is 417. The zero-order valence-corrected chi connectivity index (χ0v) is 16.7. The Morgan fingerprint density at radius 2 is 1.15 bits per heavy atom. The lowest BCUT2D eigenvalue weighted by Gasteiger charge is -2.07. The molecule has 0 aliphatic carbocycles. The number of carboxylic acid groups (broad SMARTS) is 2. The molecule has 5 nitrogen and oxygen atoms in total. The molecule has 0 fully saturated rings. The van der Waals surface area contributed by atoms with E-state index >= 15 is 0 Å². The van der Waals surface area contributed by atoms with Gasteiger partial charge >= 0.3 is 11.9 Å². The molecule has 0 aromatic rings. The molecule has 0 spiro atoms. The highest BCUT2D eigenvalue weighted by atomic mass is 16.4. The van der Waals surface area contributed by atoms with Gasteiger partial charge < -0.3 is 15.0 Å². The van der Waals surface area contributed by atoms with Crippen molar-refractivity contribution in [3.63, 3.8) is 0 Å². The number of carbonyl (C=O) groups is 3. The molecule has 0 saturated carbocycles. The number of unbranched alkanes of at least 4 members (excludes halogenated alkanes) is 10. The Labute approximate surface area is 164 Å². The summed E-state index contributed by atoms with van der Waals surface area (Å²) in [7, 11) is 0. The third-order valence-corrected chi connectivity index (χ3v) is 4.77. The molecule has 27 heavy (non-hydrogen) atoms. The molecule has 0 aromatic heterocycles. The molecule has 0 aliphatic rings. The number of allylic oxidation sites excluding steroid dienone is 2. The minimum atomic E-state index is -0.715. The molecule has 0 radical (unpaired) electrons. The third kappa shape index (κ3) is 20.5. The minimum Gasteiger partial charge on any atom is -0.481 e. The summed E-state index contributed by atoms with van der Waals surface area (Å²) in [5.41, 5.74) is 0. The molecule has 5 heteroatoms. The van der Waals surface area contributed by atoms with E-state index in [4.69, 9.17) is 10.2 Å². The third-order valence-electron chi connectivity index (χ3n) is 4.77. The second kappa shape index (κ2) is 19.1. The van der Waals surface area contributed by atoms with Gasteiger partial charge in [0.25, 0.3) is 0 Å². The molecule has 0 bridgehead atoms. The van der Waals surface area contributed by atoms with Crippen LogP contribution < -0.4 is 0 Å². The second-order valence-corrected chi connectivity index (χ2v) is 7.36. The highest BCUT2D eigenvalue weighted by molar-refractivity contribution is 5.66. The molecule has 1 unspecified atom stereocenters. The van der Waals surface area contributed by atoms with Crippen molar-refractivity contribution < 1.29 is 24.6 Å². The summed E-state index contributed by atoms with van der Waals surface area (Å²) in [6.45, 7) is 0. The summed E-state index contributed by atoms with van der Waals surface area (Å²) < 4.78 is 0. The maximum atomic E-state index is 11.2. The SMILES string of the molecule is O=CC(C/C=C/CCCCCCCC(=O)O)CCCCCCCCC(=O)O. The molecule has 2 N–H and O–H groups in total. The first-order chi connectivity index (χ1) is 13.1. The van der Waals surface area contributed by atoms with Gasteiger partial charge in [0.1, 0.15) is 6.29 Å². The summed E-state index contributed by atoms with van der Waals surface area (Å²) in [6, 6.07) is 0. The lowest BCUT2D eigenvalue weighted by Crippen LogP contribution is -2.00. The predicted octanol–water partition coefficient (Wildman–Crippen LogP) is 5.77. The zero-order valence-electron chi connectivity index (χ0n) is 16.7. The van der Waals surface area contributed by atoms with E-state index in [1.807, 2.05) is 0 Å². The molecular formula is C22H38O5.